The highest BCUT2D eigenvalue weighted by atomic mass is 16.2. The van der Waals surface area contributed by atoms with E-state index in [4.69, 9.17) is 0 Å². The number of carbonyl (C=O) groups excluding carboxylic acids is 2. The molecule has 2 heterocycles. The molecule has 4 heteroatoms. The standard InChI is InChI=1S/C21H26N2O2/c1-5-9-15(7-3)13-23-17(8-4)21(19(25)14-24)20-16(10-6-2)22-12-11-18(20)23/h5,7,9,11-12,14H,6,8,10,13H2,1-4H3/b9-5-,15-7+. The molecule has 0 fully saturated rings. The predicted octanol–water partition coefficient (Wildman–Crippen LogP) is 4.46. The number of aromatic nitrogens is 2. The first-order valence-electron chi connectivity index (χ1n) is 8.89. The number of allylic oxidation sites excluding steroid dienone is 4. The van der Waals surface area contributed by atoms with Gasteiger partial charge in [-0.2, -0.15) is 0 Å². The van der Waals surface area contributed by atoms with Crippen LogP contribution in [0.15, 0.2) is 36.1 Å². The number of Topliss-reactive ketones (excluding diaryl/α,β-unsaturated/α-hetero) is 1. The third kappa shape index (κ3) is 3.63. The number of aldehydes is 1. The van der Waals surface area contributed by atoms with Crippen LogP contribution in [-0.4, -0.2) is 21.6 Å². The molecule has 0 radical (unpaired) electrons. The van der Waals surface area contributed by atoms with Gasteiger partial charge in [-0.25, -0.2) is 0 Å². The van der Waals surface area contributed by atoms with Crippen molar-refractivity contribution in [3.8, 4) is 0 Å². The van der Waals surface area contributed by atoms with Gasteiger partial charge in [0.1, 0.15) is 0 Å². The van der Waals surface area contributed by atoms with E-state index >= 15 is 0 Å². The maximum Gasteiger partial charge on any atom is 0.227 e. The topological polar surface area (TPSA) is 52.0 Å². The molecule has 0 aliphatic heterocycles. The fourth-order valence-corrected chi connectivity index (χ4v) is 3.35. The van der Waals surface area contributed by atoms with E-state index in [-0.39, 0.29) is 0 Å². The second kappa shape index (κ2) is 8.56. The van der Waals surface area contributed by atoms with Crippen LogP contribution in [-0.2, 0) is 24.2 Å². The average Bonchev–Trinajstić information content (AvgIpc) is 2.95. The van der Waals surface area contributed by atoms with Gasteiger partial charge in [0.25, 0.3) is 0 Å². The first-order chi connectivity index (χ1) is 12.1. The molecule has 0 saturated heterocycles. The summed E-state index contributed by atoms with van der Waals surface area (Å²) in [7, 11) is 0. The number of hydrogen-bond acceptors (Lipinski definition) is 3. The van der Waals surface area contributed by atoms with E-state index in [0.717, 1.165) is 40.7 Å². The van der Waals surface area contributed by atoms with Crippen LogP contribution in [0.4, 0.5) is 0 Å². The van der Waals surface area contributed by atoms with Crippen molar-refractivity contribution >= 4 is 23.0 Å². The van der Waals surface area contributed by atoms with Crippen LogP contribution in [0, 0.1) is 0 Å². The highest BCUT2D eigenvalue weighted by molar-refractivity contribution is 6.37. The number of ketones is 1. The monoisotopic (exact) mass is 338 g/mol. The molecule has 0 spiro atoms. The fraction of sp³-hybridized carbons (Fsp3) is 0.381. The van der Waals surface area contributed by atoms with Gasteiger partial charge in [-0.1, -0.05) is 38.5 Å². The Morgan fingerprint density at radius 3 is 2.60 bits per heavy atom. The molecule has 2 aromatic heterocycles. The Hall–Kier alpha value is -2.49. The maximum absolute atomic E-state index is 12.4. The van der Waals surface area contributed by atoms with Gasteiger partial charge in [0.15, 0.2) is 6.29 Å². The van der Waals surface area contributed by atoms with Gasteiger partial charge in [-0.05, 0) is 38.3 Å². The van der Waals surface area contributed by atoms with Crippen LogP contribution in [0.1, 0.15) is 55.9 Å². The zero-order valence-electron chi connectivity index (χ0n) is 15.5. The summed E-state index contributed by atoms with van der Waals surface area (Å²) in [6.45, 7) is 8.77. The van der Waals surface area contributed by atoms with Gasteiger partial charge in [0, 0.05) is 23.8 Å². The molecule has 0 unspecified atom stereocenters. The zero-order valence-corrected chi connectivity index (χ0v) is 15.5. The summed E-state index contributed by atoms with van der Waals surface area (Å²) >= 11 is 0. The van der Waals surface area contributed by atoms with Crippen LogP contribution in [0.5, 0.6) is 0 Å². The first kappa shape index (κ1) is 18.8. The van der Waals surface area contributed by atoms with E-state index in [2.05, 4.69) is 28.6 Å². The number of carbonyl (C=O) groups is 2. The fourth-order valence-electron chi connectivity index (χ4n) is 3.35. The van der Waals surface area contributed by atoms with E-state index in [9.17, 15) is 9.59 Å². The maximum atomic E-state index is 12.4. The normalized spacial score (nSPS) is 12.2. The largest absolute Gasteiger partial charge is 0.339 e. The molecule has 0 aliphatic carbocycles. The number of aryl methyl sites for hydroxylation is 1. The molecule has 0 saturated carbocycles. The lowest BCUT2D eigenvalue weighted by molar-refractivity contribution is -0.104. The smallest absolute Gasteiger partial charge is 0.227 e. The molecule has 2 aromatic rings. The molecule has 0 amide bonds. The molecule has 0 aromatic carbocycles. The van der Waals surface area contributed by atoms with E-state index in [0.29, 0.717) is 24.8 Å². The Morgan fingerprint density at radius 2 is 2.04 bits per heavy atom. The van der Waals surface area contributed by atoms with Gasteiger partial charge < -0.3 is 4.57 Å². The van der Waals surface area contributed by atoms with Crippen molar-refractivity contribution in [2.45, 2.75) is 53.5 Å². The Morgan fingerprint density at radius 1 is 1.28 bits per heavy atom. The van der Waals surface area contributed by atoms with E-state index in [1.54, 1.807) is 6.20 Å². The molecule has 2 rings (SSSR count). The third-order valence-corrected chi connectivity index (χ3v) is 4.43. The van der Waals surface area contributed by atoms with Crippen LogP contribution in [0.25, 0.3) is 10.9 Å². The summed E-state index contributed by atoms with van der Waals surface area (Å²) in [5.41, 5.74) is 4.46. The Bertz CT molecular complexity index is 841. The number of hydrogen-bond donors (Lipinski definition) is 0. The Kier molecular flexibility index (Phi) is 6.45. The molecule has 4 nitrogen and oxygen atoms in total. The highest BCUT2D eigenvalue weighted by Gasteiger charge is 2.23. The van der Waals surface area contributed by atoms with Crippen molar-refractivity contribution in [1.29, 1.82) is 0 Å². The Labute approximate surface area is 149 Å². The quantitative estimate of drug-likeness (QED) is 0.309. The highest BCUT2D eigenvalue weighted by Crippen LogP contribution is 2.30. The minimum Gasteiger partial charge on any atom is -0.339 e. The summed E-state index contributed by atoms with van der Waals surface area (Å²) < 4.78 is 2.15. The predicted molar refractivity (Wildman–Crippen MR) is 102 cm³/mol. The number of fused-ring (bicyclic) bond motifs is 1. The minimum absolute atomic E-state index is 0.420. The summed E-state index contributed by atoms with van der Waals surface area (Å²) in [5, 5.41) is 0.842. The van der Waals surface area contributed by atoms with Gasteiger partial charge in [0.05, 0.1) is 16.8 Å². The summed E-state index contributed by atoms with van der Waals surface area (Å²) in [4.78, 5) is 28.2. The van der Waals surface area contributed by atoms with Crippen molar-refractivity contribution in [2.24, 2.45) is 0 Å². The van der Waals surface area contributed by atoms with Crippen molar-refractivity contribution in [2.75, 3.05) is 0 Å². The first-order valence-corrected chi connectivity index (χ1v) is 8.89. The molecule has 132 valence electrons. The second-order valence-corrected chi connectivity index (χ2v) is 6.01. The average molecular weight is 338 g/mol. The number of nitrogens with zero attached hydrogens (tertiary/aromatic N) is 2. The van der Waals surface area contributed by atoms with Crippen LogP contribution in [0.3, 0.4) is 0 Å². The van der Waals surface area contributed by atoms with Crippen molar-refractivity contribution in [3.05, 3.63) is 53.0 Å². The minimum atomic E-state index is -0.459. The second-order valence-electron chi connectivity index (χ2n) is 6.01. The van der Waals surface area contributed by atoms with Crippen LogP contribution >= 0.6 is 0 Å². The molecule has 0 N–H and O–H groups in total. The molecular formula is C21H26N2O2. The van der Waals surface area contributed by atoms with Gasteiger partial charge in [0.2, 0.25) is 5.78 Å². The van der Waals surface area contributed by atoms with E-state index in [1.807, 2.05) is 32.9 Å². The van der Waals surface area contributed by atoms with Crippen LogP contribution in [0.2, 0.25) is 0 Å². The van der Waals surface area contributed by atoms with Gasteiger partial charge in [-0.3, -0.25) is 14.6 Å². The lowest BCUT2D eigenvalue weighted by atomic mass is 10.0. The number of pyridine rings is 1. The van der Waals surface area contributed by atoms with Crippen LogP contribution < -0.4 is 0 Å². The zero-order chi connectivity index (χ0) is 18.4. The molecule has 0 aliphatic rings. The molecule has 0 atom stereocenters. The lowest BCUT2D eigenvalue weighted by Gasteiger charge is -2.11. The summed E-state index contributed by atoms with van der Waals surface area (Å²) in [6.07, 6.45) is 10.8. The van der Waals surface area contributed by atoms with E-state index in [1.165, 1.54) is 0 Å². The third-order valence-electron chi connectivity index (χ3n) is 4.43. The van der Waals surface area contributed by atoms with Gasteiger partial charge >= 0.3 is 0 Å². The molecule has 25 heavy (non-hydrogen) atoms. The molecular weight excluding hydrogens is 312 g/mol. The van der Waals surface area contributed by atoms with Crippen molar-refractivity contribution < 1.29 is 9.59 Å². The SMILES string of the molecule is C/C=C\C(=C/C)Cn1c(CC)c(C(=O)C=O)c2c(CCC)nccc21. The van der Waals surface area contributed by atoms with Crippen molar-refractivity contribution in [3.63, 3.8) is 0 Å². The number of rotatable bonds is 8. The Balaban J connectivity index is 2.83. The van der Waals surface area contributed by atoms with E-state index < -0.39 is 5.78 Å². The van der Waals surface area contributed by atoms with Crippen molar-refractivity contribution in [1.82, 2.24) is 9.55 Å². The van der Waals surface area contributed by atoms with Gasteiger partial charge in [-0.15, -0.1) is 0 Å². The molecule has 0 bridgehead atoms. The lowest BCUT2D eigenvalue weighted by Crippen LogP contribution is -2.08. The summed E-state index contributed by atoms with van der Waals surface area (Å²) in [6, 6.07) is 1.94. The summed E-state index contributed by atoms with van der Waals surface area (Å²) in [5.74, 6) is -0.459.